The number of phenols is 3. The van der Waals surface area contributed by atoms with Crippen molar-refractivity contribution in [3.63, 3.8) is 0 Å². The van der Waals surface area contributed by atoms with E-state index in [4.69, 9.17) is 23.4 Å². The number of aromatic hydroxyl groups is 3. The molecule has 90 heavy (non-hydrogen) atoms. The van der Waals surface area contributed by atoms with E-state index in [-0.39, 0.29) is 78.3 Å². The lowest BCUT2D eigenvalue weighted by molar-refractivity contribution is -0.435. The Balaban J connectivity index is 1.10. The number of nitrogens with one attached hydrogen (secondary N) is 3. The minimum absolute atomic E-state index is 0.000749. The van der Waals surface area contributed by atoms with Gasteiger partial charge in [0.05, 0.1) is 18.0 Å². The minimum atomic E-state index is -4.12. The van der Waals surface area contributed by atoms with Crippen LogP contribution in [-0.4, -0.2) is 185 Å². The molecule has 2 aromatic carbocycles. The van der Waals surface area contributed by atoms with Crippen LogP contribution in [0, 0.1) is 40.9 Å². The fourth-order valence-corrected chi connectivity index (χ4v) is 15.2. The number of carbonyl (C=O) groups excluding carboxylic acids is 2. The van der Waals surface area contributed by atoms with Gasteiger partial charge in [-0.2, -0.15) is 0 Å². The minimum Gasteiger partial charge on any atom is -0.507 e. The number of carbonyl (C=O) groups is 3. The number of aromatic amines is 1. The van der Waals surface area contributed by atoms with Gasteiger partial charge in [0.1, 0.15) is 47.0 Å². The number of hydrogen-bond acceptors (Lipinski definition) is 24. The maximum atomic E-state index is 16.6. The van der Waals surface area contributed by atoms with E-state index in [9.17, 15) is 85.9 Å². The van der Waals surface area contributed by atoms with Gasteiger partial charge in [0.15, 0.2) is 40.5 Å². The lowest BCUT2D eigenvalue weighted by Crippen LogP contribution is -2.84. The van der Waals surface area contributed by atoms with Crippen molar-refractivity contribution in [2.75, 3.05) is 19.8 Å². The van der Waals surface area contributed by atoms with Crippen molar-refractivity contribution >= 4 is 28.7 Å². The van der Waals surface area contributed by atoms with E-state index < -0.39 is 178 Å². The first-order chi connectivity index (χ1) is 42.9. The number of aliphatic carboxylic acids is 1. The number of aliphatic hydroxyl groups is 10. The molecule has 26 heteroatoms. The molecule has 1 saturated carbocycles. The molecule has 2 aromatic heterocycles. The zero-order chi connectivity index (χ0) is 63.8. The second-order valence-electron chi connectivity index (χ2n) is 24.9. The standard InChI is InChI=1S/C64H65N3O23/c68-16-9-33-18-34(21-43(73)49(33)74)44-24-42(72)48-45(86-44)25-46-47(50(48)75)39(35-20-40-32-5-3-6-37(19-32)67-55(40)66-27-35)22-36-23-41-31(8-15-65-41)7-14-58(10-1-2-11-58)63(83)53(78)52(77)62(36,87-46)90-60(63)13-4-12-59(56(80)81)64(84,85)54(79)51(76)61(89-59,88-57(60)82)26-30(28-69)17-38(71)29-70/h3,6,8,15,18,20-22,24-25,27,30,32,37,39,51-55,65-70,73-79,83-85H,1-2,5,9-11,13,16-17,19,23,26,28-29H2,(H,80,81)/t30-,32+,37-,39-,51-,52-,53-,54-,55?,59-,60-,61+,62+,63-/m1/s1. The van der Waals surface area contributed by atoms with Gasteiger partial charge < -0.3 is 105 Å². The Bertz CT molecular complexity index is 4020. The van der Waals surface area contributed by atoms with Crippen LogP contribution in [0.1, 0.15) is 86.1 Å². The van der Waals surface area contributed by atoms with E-state index in [2.05, 4.69) is 51.5 Å². The molecule has 14 atom stereocenters. The third-order valence-electron chi connectivity index (χ3n) is 19.7. The molecule has 0 radical (unpaired) electrons. The number of ether oxygens (including phenoxy) is 4. The quantitative estimate of drug-likeness (QED) is 0.0295. The van der Waals surface area contributed by atoms with Crippen molar-refractivity contribution in [2.45, 2.75) is 147 Å². The van der Waals surface area contributed by atoms with Gasteiger partial charge in [-0.15, -0.1) is 0 Å². The van der Waals surface area contributed by atoms with Crippen LogP contribution < -0.4 is 20.8 Å². The van der Waals surface area contributed by atoms with E-state index >= 15 is 4.79 Å². The normalized spacial score (nSPS) is 34.3. The van der Waals surface area contributed by atoms with Crippen LogP contribution in [0.3, 0.4) is 0 Å². The summed E-state index contributed by atoms with van der Waals surface area (Å²) in [6.45, 7) is -2.62. The molecule has 10 aliphatic rings. The number of piperidine rings is 1. The molecule has 6 bridgehead atoms. The van der Waals surface area contributed by atoms with Gasteiger partial charge >= 0.3 is 11.9 Å². The van der Waals surface area contributed by atoms with Crippen LogP contribution >= 0.6 is 0 Å². The second-order valence-corrected chi connectivity index (χ2v) is 24.9. The summed E-state index contributed by atoms with van der Waals surface area (Å²) in [5.41, 5.74) is -12.5. The average molecular weight is 1240 g/mol. The number of fused-ring (bicyclic) bond motifs is 9. The summed E-state index contributed by atoms with van der Waals surface area (Å²) >= 11 is 0. The smallest absolute Gasteiger partial charge is 0.354 e. The summed E-state index contributed by atoms with van der Waals surface area (Å²) < 4.78 is 33.0. The Labute approximate surface area is 510 Å². The third-order valence-corrected chi connectivity index (χ3v) is 19.7. The number of hydrogen-bond donors (Lipinski definition) is 17. The summed E-state index contributed by atoms with van der Waals surface area (Å²) in [5.74, 6) is -10.8. The molecule has 14 rings (SSSR count). The highest BCUT2D eigenvalue weighted by atomic mass is 16.8. The summed E-state index contributed by atoms with van der Waals surface area (Å²) in [7, 11) is 0. The fraction of sp³-hybridized carbons (Fsp3) is 0.469. The molecular formula is C64H65N3O23. The molecule has 0 amide bonds. The third kappa shape index (κ3) is 8.77. The van der Waals surface area contributed by atoms with Gasteiger partial charge in [-0.05, 0) is 79.2 Å². The number of aromatic nitrogens is 1. The van der Waals surface area contributed by atoms with Gasteiger partial charge in [0.25, 0.3) is 11.4 Å². The molecule has 4 aromatic rings. The number of dihydropyridines is 1. The zero-order valence-electron chi connectivity index (χ0n) is 47.9. The van der Waals surface area contributed by atoms with E-state index in [0.29, 0.717) is 23.3 Å². The van der Waals surface area contributed by atoms with Crippen molar-refractivity contribution in [3.05, 3.63) is 116 Å². The number of Topliss-reactive ketones (excluding diaryl/α,β-unsaturated/α-hetero) is 1. The van der Waals surface area contributed by atoms with E-state index in [0.717, 1.165) is 30.2 Å². The molecule has 7 aliphatic heterocycles. The number of esters is 1. The highest BCUT2D eigenvalue weighted by Crippen LogP contribution is 2.63. The molecule has 26 nitrogen and oxygen atoms in total. The number of benzene rings is 2. The Kier molecular flexibility index (Phi) is 14.7. The fourth-order valence-electron chi connectivity index (χ4n) is 15.2. The number of phenolic OH excluding ortho intramolecular Hbond substituents is 3. The molecular weight excluding hydrogens is 1180 g/mol. The van der Waals surface area contributed by atoms with Crippen molar-refractivity contribution in [3.8, 4) is 58.0 Å². The first kappa shape index (κ1) is 61.0. The highest BCUT2D eigenvalue weighted by molar-refractivity contribution is 5.90. The lowest BCUT2D eigenvalue weighted by atomic mass is 9.55. The zero-order valence-corrected chi connectivity index (χ0v) is 47.9. The highest BCUT2D eigenvalue weighted by Gasteiger charge is 2.82. The molecule has 1 unspecified atom stereocenters. The topological polar surface area (TPSA) is 441 Å². The Morgan fingerprint density at radius 2 is 1.67 bits per heavy atom. The summed E-state index contributed by atoms with van der Waals surface area (Å²) in [5, 5.41) is 171. The molecule has 17 N–H and O–H groups in total. The first-order valence-corrected chi connectivity index (χ1v) is 29.6. The van der Waals surface area contributed by atoms with E-state index in [1.807, 2.05) is 6.08 Å². The van der Waals surface area contributed by atoms with Crippen LogP contribution in [0.15, 0.2) is 93.0 Å². The van der Waals surface area contributed by atoms with Gasteiger partial charge in [0.2, 0.25) is 17.2 Å². The Morgan fingerprint density at radius 3 is 2.40 bits per heavy atom. The number of carboxylic acid groups (broad SMARTS) is 1. The number of ketones is 1. The number of H-pyrrole nitrogens is 1. The van der Waals surface area contributed by atoms with Gasteiger partial charge in [-0.25, -0.2) is 9.59 Å². The van der Waals surface area contributed by atoms with Crippen molar-refractivity contribution in [1.29, 1.82) is 0 Å². The van der Waals surface area contributed by atoms with Crippen LogP contribution in [0.4, 0.5) is 0 Å². The van der Waals surface area contributed by atoms with Crippen molar-refractivity contribution in [2.24, 2.45) is 17.3 Å². The maximum Gasteiger partial charge on any atom is 0.354 e. The van der Waals surface area contributed by atoms with Gasteiger partial charge in [-0.1, -0.05) is 54.9 Å². The maximum absolute atomic E-state index is 16.6. The molecule has 9 heterocycles. The molecule has 4 fully saturated rings. The molecule has 3 aliphatic carbocycles. The predicted molar refractivity (Wildman–Crippen MR) is 307 cm³/mol. The van der Waals surface area contributed by atoms with Gasteiger partial charge in [0, 0.05) is 102 Å². The largest absolute Gasteiger partial charge is 0.507 e. The van der Waals surface area contributed by atoms with Crippen molar-refractivity contribution < 1.29 is 109 Å². The number of carboxylic acids is 1. The average Bonchev–Trinajstić information content (AvgIpc) is 1.20. The number of aliphatic hydroxyl groups excluding tert-OH is 7. The summed E-state index contributed by atoms with van der Waals surface area (Å²) in [6, 6.07) is 6.26. The summed E-state index contributed by atoms with van der Waals surface area (Å²) in [4.78, 5) is 61.1. The predicted octanol–water partition coefficient (Wildman–Crippen LogP) is -0.541. The van der Waals surface area contributed by atoms with E-state index in [1.165, 1.54) is 12.1 Å². The van der Waals surface area contributed by atoms with Crippen LogP contribution in [-0.2, 0) is 41.4 Å². The summed E-state index contributed by atoms with van der Waals surface area (Å²) in [6.07, 6.45) is -3.46. The molecule has 3 saturated heterocycles. The van der Waals surface area contributed by atoms with Crippen molar-refractivity contribution in [1.82, 2.24) is 15.6 Å². The first-order valence-electron chi connectivity index (χ1n) is 29.6. The monoisotopic (exact) mass is 1240 g/mol. The SMILES string of the molecule is O=C(CO)C[C@@H](CO)C[C@]12OC(=O)[C@@]3(CC#C[C@](C(=O)O)(O1)C(O)(O)[C@H](O)[C@H]2O)O[C@@]12Oc4cc5oc(-c6cc(O)c(O)c(CCO)c6)cc(=O)c5c(O)c4[C@@H](C4=CNC5N[C@@H]6C=CC[C@@H](C6)C5=C4)C=C1Cc1[nH]ccc1C#CC1(CCCC1)[C@]3(O)[C@H](O)[C@H]2O. The van der Waals surface area contributed by atoms with Gasteiger partial charge in [-0.3, -0.25) is 14.9 Å². The van der Waals surface area contributed by atoms with Crippen LogP contribution in [0.2, 0.25) is 0 Å². The Morgan fingerprint density at radius 1 is 0.889 bits per heavy atom. The molecule has 3 spiro atoms. The second kappa shape index (κ2) is 21.6. The lowest BCUT2D eigenvalue weighted by Gasteiger charge is -2.62. The Hall–Kier alpha value is -7.90. The number of rotatable bonds is 11. The van der Waals surface area contributed by atoms with Crippen LogP contribution in [0.25, 0.3) is 22.3 Å². The molecule has 474 valence electrons. The van der Waals surface area contributed by atoms with Crippen LogP contribution in [0.5, 0.6) is 23.0 Å². The van der Waals surface area contributed by atoms with E-state index in [1.54, 1.807) is 18.5 Å². The number of allylic oxidation sites excluding steroid dienone is 4.